The average molecular weight is 489 g/mol. The fourth-order valence-electron chi connectivity index (χ4n) is 2.93. The molecule has 0 saturated carbocycles. The second kappa shape index (κ2) is 10.5. The summed E-state index contributed by atoms with van der Waals surface area (Å²) in [5, 5.41) is 17.4. The molecule has 0 bridgehead atoms. The molecule has 3 heterocycles. The molecule has 3 aromatic heterocycles. The van der Waals surface area contributed by atoms with E-state index < -0.39 is 12.0 Å². The van der Waals surface area contributed by atoms with E-state index in [-0.39, 0.29) is 25.7 Å². The van der Waals surface area contributed by atoms with Gasteiger partial charge in [0.15, 0.2) is 5.65 Å². The summed E-state index contributed by atoms with van der Waals surface area (Å²) in [6.07, 6.45) is 3.14. The molecule has 0 spiro atoms. The average Bonchev–Trinajstić information content (AvgIpc) is 3.25. The van der Waals surface area contributed by atoms with E-state index in [2.05, 4.69) is 25.4 Å². The Labute approximate surface area is 198 Å². The molecule has 1 atom stereocenters. The largest absolute Gasteiger partial charge is 0.461 e. The molecular formula is C21H18Cl2N6O4. The molecule has 0 aliphatic carbocycles. The highest BCUT2D eigenvalue weighted by Gasteiger charge is 2.24. The summed E-state index contributed by atoms with van der Waals surface area (Å²) in [4.78, 5) is 25.4. The summed E-state index contributed by atoms with van der Waals surface area (Å²) in [5.41, 5.74) is 1.08. The topological polar surface area (TPSA) is 124 Å². The Morgan fingerprint density at radius 1 is 1.12 bits per heavy atom. The number of carbonyl (C=O) groups excluding carboxylic acids is 1. The van der Waals surface area contributed by atoms with E-state index in [9.17, 15) is 4.79 Å². The lowest BCUT2D eigenvalue weighted by Gasteiger charge is -2.18. The van der Waals surface area contributed by atoms with Gasteiger partial charge in [0.2, 0.25) is 12.0 Å². The first-order chi connectivity index (χ1) is 16.1. The molecule has 0 saturated heterocycles. The van der Waals surface area contributed by atoms with E-state index in [1.165, 1.54) is 18.7 Å². The SMILES string of the molecule is O=C(Nc1ccc(Cl)cn1)[C@H](COCCO)Oc1ncnc2c1cnn2-c1ccccc1Cl. The van der Waals surface area contributed by atoms with Gasteiger partial charge in [0, 0.05) is 6.20 Å². The molecule has 1 amide bonds. The molecule has 1 aromatic carbocycles. The Balaban J connectivity index is 1.61. The molecule has 0 fully saturated rings. The zero-order chi connectivity index (χ0) is 23.2. The quantitative estimate of drug-likeness (QED) is 0.344. The number of benzene rings is 1. The van der Waals surface area contributed by atoms with Crippen LogP contribution in [0.1, 0.15) is 0 Å². The fraction of sp³-hybridized carbons (Fsp3) is 0.190. The van der Waals surface area contributed by atoms with Gasteiger partial charge in [-0.1, -0.05) is 35.3 Å². The minimum atomic E-state index is -1.10. The van der Waals surface area contributed by atoms with Crippen LogP contribution in [0.3, 0.4) is 0 Å². The number of pyridine rings is 1. The third-order valence-electron chi connectivity index (χ3n) is 4.44. The van der Waals surface area contributed by atoms with Crippen molar-refractivity contribution in [1.82, 2.24) is 24.7 Å². The Morgan fingerprint density at radius 3 is 2.73 bits per heavy atom. The third-order valence-corrected chi connectivity index (χ3v) is 4.98. The Kier molecular flexibility index (Phi) is 7.30. The molecular weight excluding hydrogens is 471 g/mol. The van der Waals surface area contributed by atoms with Crippen LogP contribution in [0.15, 0.2) is 55.1 Å². The first-order valence-electron chi connectivity index (χ1n) is 9.78. The number of para-hydroxylation sites is 1. The maximum absolute atomic E-state index is 12.9. The Hall–Kier alpha value is -3.31. The van der Waals surface area contributed by atoms with E-state index in [0.29, 0.717) is 32.6 Å². The van der Waals surface area contributed by atoms with Gasteiger partial charge >= 0.3 is 0 Å². The van der Waals surface area contributed by atoms with Gasteiger partial charge in [-0.25, -0.2) is 19.6 Å². The summed E-state index contributed by atoms with van der Waals surface area (Å²) in [5.74, 6) is -0.0948. The summed E-state index contributed by atoms with van der Waals surface area (Å²) in [7, 11) is 0. The first kappa shape index (κ1) is 22.9. The van der Waals surface area contributed by atoms with Crippen LogP contribution in [0, 0.1) is 0 Å². The predicted molar refractivity (Wildman–Crippen MR) is 122 cm³/mol. The van der Waals surface area contributed by atoms with Crippen molar-refractivity contribution in [2.75, 3.05) is 25.1 Å². The molecule has 0 unspecified atom stereocenters. The molecule has 33 heavy (non-hydrogen) atoms. The number of carbonyl (C=O) groups is 1. The highest BCUT2D eigenvalue weighted by molar-refractivity contribution is 6.32. The molecule has 12 heteroatoms. The van der Waals surface area contributed by atoms with Crippen LogP contribution < -0.4 is 10.1 Å². The maximum atomic E-state index is 12.9. The molecule has 2 N–H and O–H groups in total. The van der Waals surface area contributed by atoms with Gasteiger partial charge < -0.3 is 19.9 Å². The van der Waals surface area contributed by atoms with E-state index >= 15 is 0 Å². The van der Waals surface area contributed by atoms with Crippen LogP contribution in [0.5, 0.6) is 5.88 Å². The number of ether oxygens (including phenoxy) is 2. The standard InChI is InChI=1S/C21H18Cl2N6O4/c22-13-5-6-18(24-9-13)28-20(31)17(11-32-8-7-30)33-21-14-10-27-29(19(14)25-12-26-21)16-4-2-1-3-15(16)23/h1-6,9-10,12,17,30H,7-8,11H2,(H,24,28,31)/t17-/m0/s1. The summed E-state index contributed by atoms with van der Waals surface area (Å²) in [6, 6.07) is 10.3. The lowest BCUT2D eigenvalue weighted by molar-refractivity contribution is -0.125. The van der Waals surface area contributed by atoms with Gasteiger partial charge in [-0.2, -0.15) is 5.10 Å². The lowest BCUT2D eigenvalue weighted by Crippen LogP contribution is -2.37. The minimum Gasteiger partial charge on any atom is -0.461 e. The van der Waals surface area contributed by atoms with Crippen molar-refractivity contribution in [3.05, 3.63) is 65.2 Å². The van der Waals surface area contributed by atoms with Gasteiger partial charge in [0.1, 0.15) is 17.5 Å². The van der Waals surface area contributed by atoms with Crippen LogP contribution in [0.4, 0.5) is 5.82 Å². The molecule has 4 rings (SSSR count). The van der Waals surface area contributed by atoms with Gasteiger partial charge in [-0.15, -0.1) is 0 Å². The van der Waals surface area contributed by atoms with Crippen molar-refractivity contribution in [1.29, 1.82) is 0 Å². The van der Waals surface area contributed by atoms with E-state index in [0.717, 1.165) is 0 Å². The summed E-state index contributed by atoms with van der Waals surface area (Å²) in [6.45, 7) is -0.296. The molecule has 10 nitrogen and oxygen atoms in total. The highest BCUT2D eigenvalue weighted by atomic mass is 35.5. The van der Waals surface area contributed by atoms with Crippen LogP contribution in [0.2, 0.25) is 10.0 Å². The van der Waals surface area contributed by atoms with Gasteiger partial charge in [0.05, 0.1) is 41.8 Å². The summed E-state index contributed by atoms with van der Waals surface area (Å²) < 4.78 is 12.8. The fourth-order valence-corrected chi connectivity index (χ4v) is 3.25. The molecule has 170 valence electrons. The Morgan fingerprint density at radius 2 is 1.97 bits per heavy atom. The number of anilines is 1. The number of nitrogens with one attached hydrogen (secondary N) is 1. The number of hydrogen-bond donors (Lipinski definition) is 2. The van der Waals surface area contributed by atoms with Gasteiger partial charge in [-0.3, -0.25) is 4.79 Å². The van der Waals surface area contributed by atoms with Crippen molar-refractivity contribution < 1.29 is 19.4 Å². The monoisotopic (exact) mass is 488 g/mol. The van der Waals surface area contributed by atoms with E-state index in [1.54, 1.807) is 28.9 Å². The second-order valence-electron chi connectivity index (χ2n) is 6.68. The van der Waals surface area contributed by atoms with Crippen molar-refractivity contribution in [2.45, 2.75) is 6.10 Å². The molecule has 0 aliphatic rings. The number of halogens is 2. The molecule has 0 radical (unpaired) electrons. The smallest absolute Gasteiger partial charge is 0.269 e. The van der Waals surface area contributed by atoms with Crippen LogP contribution in [0.25, 0.3) is 16.7 Å². The number of fused-ring (bicyclic) bond motifs is 1. The van der Waals surface area contributed by atoms with Crippen molar-refractivity contribution in [3.63, 3.8) is 0 Å². The number of aliphatic hydroxyl groups is 1. The van der Waals surface area contributed by atoms with Crippen molar-refractivity contribution in [3.8, 4) is 11.6 Å². The number of hydrogen-bond acceptors (Lipinski definition) is 8. The first-order valence-corrected chi connectivity index (χ1v) is 10.5. The maximum Gasteiger partial charge on any atom is 0.269 e. The lowest BCUT2D eigenvalue weighted by atomic mass is 10.3. The normalized spacial score (nSPS) is 12.0. The van der Waals surface area contributed by atoms with E-state index in [4.69, 9.17) is 37.8 Å². The van der Waals surface area contributed by atoms with Crippen molar-refractivity contribution >= 4 is 46.0 Å². The number of amides is 1. The van der Waals surface area contributed by atoms with Gasteiger partial charge in [-0.05, 0) is 24.3 Å². The van der Waals surface area contributed by atoms with E-state index in [1.807, 2.05) is 12.1 Å². The zero-order valence-corrected chi connectivity index (χ0v) is 18.6. The third kappa shape index (κ3) is 5.37. The predicted octanol–water partition coefficient (Wildman–Crippen LogP) is 2.91. The summed E-state index contributed by atoms with van der Waals surface area (Å²) >= 11 is 12.1. The van der Waals surface area contributed by atoms with Crippen LogP contribution in [-0.2, 0) is 9.53 Å². The number of nitrogens with zero attached hydrogens (tertiary/aromatic N) is 5. The van der Waals surface area contributed by atoms with Gasteiger partial charge in [0.25, 0.3) is 5.91 Å². The number of aromatic nitrogens is 5. The molecule has 0 aliphatic heterocycles. The van der Waals surface area contributed by atoms with Crippen LogP contribution >= 0.6 is 23.2 Å². The number of rotatable bonds is 9. The Bertz CT molecular complexity index is 1250. The zero-order valence-electron chi connectivity index (χ0n) is 17.1. The number of aliphatic hydroxyl groups excluding tert-OH is 1. The highest BCUT2D eigenvalue weighted by Crippen LogP contribution is 2.27. The van der Waals surface area contributed by atoms with Crippen LogP contribution in [-0.4, -0.2) is 61.7 Å². The van der Waals surface area contributed by atoms with Crippen molar-refractivity contribution in [2.24, 2.45) is 0 Å². The second-order valence-corrected chi connectivity index (χ2v) is 7.52. The minimum absolute atomic E-state index is 0.0377. The molecule has 4 aromatic rings.